The lowest BCUT2D eigenvalue weighted by Crippen LogP contribution is -2.27. The van der Waals surface area contributed by atoms with Gasteiger partial charge >= 0.3 is 0 Å². The van der Waals surface area contributed by atoms with Gasteiger partial charge in [0.1, 0.15) is 11.5 Å². The van der Waals surface area contributed by atoms with Crippen LogP contribution in [-0.2, 0) is 0 Å². The molecule has 5 nitrogen and oxygen atoms in total. The number of halogens is 1. The molecule has 47 heavy (non-hydrogen) atoms. The van der Waals surface area contributed by atoms with Crippen LogP contribution in [0.2, 0.25) is 0 Å². The number of nitrogens with zero attached hydrogens (tertiary/aromatic N) is 1. The number of benzene rings is 1. The third kappa shape index (κ3) is 13.4. The molecule has 0 aliphatic heterocycles. The highest BCUT2D eigenvalue weighted by molar-refractivity contribution is 5.80. The normalized spacial score (nSPS) is 14.9. The number of nitrogens with one attached hydrogen (secondary N) is 2. The van der Waals surface area contributed by atoms with E-state index in [0.29, 0.717) is 11.4 Å². The lowest BCUT2D eigenvalue weighted by atomic mass is 9.86. The minimum atomic E-state index is -0.292. The Morgan fingerprint density at radius 1 is 1.09 bits per heavy atom. The van der Waals surface area contributed by atoms with E-state index in [4.69, 9.17) is 11.5 Å². The minimum Gasteiger partial charge on any atom is -0.404 e. The van der Waals surface area contributed by atoms with E-state index in [-0.39, 0.29) is 5.82 Å². The summed E-state index contributed by atoms with van der Waals surface area (Å²) in [7, 11) is 0. The first-order chi connectivity index (χ1) is 22.4. The smallest absolute Gasteiger partial charge is 0.123 e. The molecule has 6 heteroatoms. The molecule has 254 valence electrons. The molecule has 2 aromatic rings. The van der Waals surface area contributed by atoms with Gasteiger partial charge < -0.3 is 16.8 Å². The number of allylic oxidation sites excluding steroid dienone is 10. The molecule has 1 aliphatic carbocycles. The Morgan fingerprint density at radius 3 is 2.28 bits per heavy atom. The molecule has 0 amide bonds. The first-order valence-corrected chi connectivity index (χ1v) is 16.6. The third-order valence-electron chi connectivity index (χ3n) is 7.72. The molecule has 1 fully saturated rings. The van der Waals surface area contributed by atoms with E-state index < -0.39 is 0 Å². The molecule has 0 atom stereocenters. The molecule has 1 saturated carbocycles. The zero-order valence-corrected chi connectivity index (χ0v) is 29.9. The Hall–Kier alpha value is -4.58. The monoisotopic (exact) mass is 639 g/mol. The van der Waals surface area contributed by atoms with Gasteiger partial charge in [-0.15, -0.1) is 0 Å². The fourth-order valence-electron chi connectivity index (χ4n) is 5.33. The maximum absolute atomic E-state index is 13.9. The summed E-state index contributed by atoms with van der Waals surface area (Å²) in [5, 5.41) is 12.6. The molecule has 0 saturated heterocycles. The van der Waals surface area contributed by atoms with Crippen molar-refractivity contribution in [3.8, 4) is 0 Å². The predicted molar refractivity (Wildman–Crippen MR) is 204 cm³/mol. The Balaban J connectivity index is 0.000000774. The summed E-state index contributed by atoms with van der Waals surface area (Å²) < 4.78 is 13.9. The van der Waals surface area contributed by atoms with E-state index in [1.807, 2.05) is 78.8 Å². The summed E-state index contributed by atoms with van der Waals surface area (Å²) >= 11 is 0. The number of H-pyrrole nitrogens is 1. The molecule has 3 rings (SSSR count). The quantitative estimate of drug-likeness (QED) is 0.185. The van der Waals surface area contributed by atoms with Crippen molar-refractivity contribution in [2.45, 2.75) is 87.0 Å². The summed E-state index contributed by atoms with van der Waals surface area (Å²) in [6.45, 7) is 29.8. The van der Waals surface area contributed by atoms with Crippen molar-refractivity contribution in [1.29, 1.82) is 0 Å². The summed E-state index contributed by atoms with van der Waals surface area (Å²) in [5.41, 5.74) is 19.6. The topological polar surface area (TPSA) is 92.7 Å². The highest BCUT2D eigenvalue weighted by Crippen LogP contribution is 2.27. The fourth-order valence-corrected chi connectivity index (χ4v) is 5.33. The van der Waals surface area contributed by atoms with Crippen LogP contribution in [0.1, 0.15) is 98.2 Å². The highest BCUT2D eigenvalue weighted by atomic mass is 19.1. The SMILES string of the molecule is C=C(N)CC1CCCCC1.C=C/C=C(\C(C)=C(/C)NC(=C)c1n[nH]c(=C/C)/c1=C\C(=C)/C(C=C(C)C)=C/N)c1cccc(F)c1.CC. The van der Waals surface area contributed by atoms with E-state index in [2.05, 4.69) is 41.8 Å². The van der Waals surface area contributed by atoms with E-state index in [0.717, 1.165) is 67.7 Å². The van der Waals surface area contributed by atoms with Gasteiger partial charge in [-0.1, -0.05) is 114 Å². The maximum Gasteiger partial charge on any atom is 0.123 e. The van der Waals surface area contributed by atoms with Crippen molar-refractivity contribution in [3.63, 3.8) is 0 Å². The second-order valence-electron chi connectivity index (χ2n) is 11.7. The summed E-state index contributed by atoms with van der Waals surface area (Å²) in [6.07, 6.45) is 19.0. The highest BCUT2D eigenvalue weighted by Gasteiger charge is 2.13. The molecule has 0 radical (unpaired) electrons. The number of nitrogens with two attached hydrogens (primary N) is 2. The van der Waals surface area contributed by atoms with E-state index in [1.165, 1.54) is 44.2 Å². The van der Waals surface area contributed by atoms with Gasteiger partial charge in [0.25, 0.3) is 0 Å². The predicted octanol–water partition coefficient (Wildman–Crippen LogP) is 9.07. The number of hydrogen-bond donors (Lipinski definition) is 4. The Kier molecular flexibility index (Phi) is 18.3. The van der Waals surface area contributed by atoms with E-state index in [1.54, 1.807) is 18.3 Å². The maximum atomic E-state index is 13.9. The van der Waals surface area contributed by atoms with Crippen LogP contribution in [0.3, 0.4) is 0 Å². The largest absolute Gasteiger partial charge is 0.404 e. The first kappa shape index (κ1) is 40.4. The average molecular weight is 640 g/mol. The number of aromatic amines is 1. The van der Waals surface area contributed by atoms with Gasteiger partial charge in [-0.25, -0.2) is 4.39 Å². The van der Waals surface area contributed by atoms with Crippen LogP contribution in [0.25, 0.3) is 23.4 Å². The molecular formula is C41H58FN5. The van der Waals surface area contributed by atoms with Crippen LogP contribution in [0.5, 0.6) is 0 Å². The van der Waals surface area contributed by atoms with Crippen LogP contribution in [-0.4, -0.2) is 10.2 Å². The molecule has 1 heterocycles. The van der Waals surface area contributed by atoms with Crippen LogP contribution < -0.4 is 27.4 Å². The molecule has 0 bridgehead atoms. The molecule has 1 aromatic carbocycles. The van der Waals surface area contributed by atoms with Gasteiger partial charge in [0.15, 0.2) is 0 Å². The minimum absolute atomic E-state index is 0.292. The van der Waals surface area contributed by atoms with E-state index >= 15 is 0 Å². The zero-order chi connectivity index (χ0) is 35.5. The van der Waals surface area contributed by atoms with Gasteiger partial charge in [-0.05, 0) is 93.0 Å². The van der Waals surface area contributed by atoms with Gasteiger partial charge in [0, 0.05) is 22.8 Å². The molecule has 0 spiro atoms. The first-order valence-electron chi connectivity index (χ1n) is 16.6. The molecule has 6 N–H and O–H groups in total. The second-order valence-corrected chi connectivity index (χ2v) is 11.7. The fraction of sp³-hybridized carbons (Fsp3) is 0.341. The number of rotatable bonds is 11. The second kappa shape index (κ2) is 21.3. The summed E-state index contributed by atoms with van der Waals surface area (Å²) in [6, 6.07) is 6.49. The van der Waals surface area contributed by atoms with Crippen LogP contribution in [0.4, 0.5) is 4.39 Å². The molecule has 1 aromatic heterocycles. The van der Waals surface area contributed by atoms with Crippen molar-refractivity contribution >= 4 is 23.4 Å². The average Bonchev–Trinajstić information content (AvgIpc) is 3.45. The van der Waals surface area contributed by atoms with Crippen molar-refractivity contribution in [3.05, 3.63) is 136 Å². The van der Waals surface area contributed by atoms with Crippen molar-refractivity contribution in [2.75, 3.05) is 0 Å². The van der Waals surface area contributed by atoms with Gasteiger partial charge in [-0.3, -0.25) is 5.10 Å². The van der Waals surface area contributed by atoms with Crippen LogP contribution in [0.15, 0.2) is 109 Å². The van der Waals surface area contributed by atoms with E-state index in [9.17, 15) is 4.39 Å². The summed E-state index contributed by atoms with van der Waals surface area (Å²) in [4.78, 5) is 0. The molecular weight excluding hydrogens is 581 g/mol. The van der Waals surface area contributed by atoms with Crippen molar-refractivity contribution in [2.24, 2.45) is 17.4 Å². The molecule has 0 unspecified atom stereocenters. The Bertz CT molecular complexity index is 1620. The lowest BCUT2D eigenvalue weighted by Gasteiger charge is -2.20. The lowest BCUT2D eigenvalue weighted by molar-refractivity contribution is 0.355. The summed E-state index contributed by atoms with van der Waals surface area (Å²) in [5.74, 6) is 0.561. The van der Waals surface area contributed by atoms with Gasteiger partial charge in [-0.2, -0.15) is 5.10 Å². The molecule has 1 aliphatic rings. The van der Waals surface area contributed by atoms with Crippen molar-refractivity contribution < 1.29 is 4.39 Å². The Morgan fingerprint density at radius 2 is 1.74 bits per heavy atom. The Labute approximate surface area is 283 Å². The van der Waals surface area contributed by atoms with Crippen molar-refractivity contribution in [1.82, 2.24) is 15.5 Å². The van der Waals surface area contributed by atoms with Gasteiger partial charge in [0.2, 0.25) is 0 Å². The third-order valence-corrected chi connectivity index (χ3v) is 7.72. The standard InChI is InChI=1S/C30H35FN4.C9H17N.C2H6/c1-9-12-27(24-13-11-14-26(31)17-24)21(6)22(7)33-23(8)30-28(29(10-2)34-35-30)16-20(5)25(18-32)15-19(3)4;1-8(10)7-9-5-3-2-4-6-9;1-2/h9-18,33-34H,1,5,8,32H2,2-4,6-7H3;9H,1-7,10H2;1-2H3/b22-21+,25-18+,27-12+,28-16+,29-10+;;. The zero-order valence-electron chi connectivity index (χ0n) is 29.9. The van der Waals surface area contributed by atoms with Gasteiger partial charge in [0.05, 0.1) is 11.0 Å². The number of hydrogen-bond acceptors (Lipinski definition) is 4. The number of aromatic nitrogens is 2. The van der Waals surface area contributed by atoms with Crippen LogP contribution >= 0.6 is 0 Å². The van der Waals surface area contributed by atoms with Crippen LogP contribution in [0, 0.1) is 11.7 Å².